The average Bonchev–Trinajstić information content (AvgIpc) is 3.23. The molecular formula is C14H13N5O3S. The van der Waals surface area contributed by atoms with Crippen molar-refractivity contribution in [2.24, 2.45) is 4.99 Å². The summed E-state index contributed by atoms with van der Waals surface area (Å²) in [6.07, 6.45) is 2.88. The first kappa shape index (κ1) is 13.9. The number of carbonyl (C=O) groups excluding carboxylic acids is 1. The van der Waals surface area contributed by atoms with Crippen LogP contribution in [0.5, 0.6) is 11.5 Å². The highest BCUT2D eigenvalue weighted by Crippen LogP contribution is 2.36. The first-order valence-corrected chi connectivity index (χ1v) is 7.89. The van der Waals surface area contributed by atoms with Gasteiger partial charge in [-0.25, -0.2) is 9.67 Å². The van der Waals surface area contributed by atoms with Crippen LogP contribution < -0.4 is 14.3 Å². The van der Waals surface area contributed by atoms with Gasteiger partial charge in [0.05, 0.1) is 10.2 Å². The van der Waals surface area contributed by atoms with E-state index in [1.807, 2.05) is 23.6 Å². The Hall–Kier alpha value is -2.68. The van der Waals surface area contributed by atoms with Crippen LogP contribution in [0, 0.1) is 0 Å². The van der Waals surface area contributed by atoms with E-state index in [1.165, 1.54) is 28.7 Å². The molecule has 0 atom stereocenters. The molecule has 3 heterocycles. The van der Waals surface area contributed by atoms with E-state index in [4.69, 9.17) is 9.47 Å². The number of fused-ring (bicyclic) bond motifs is 2. The Labute approximate surface area is 134 Å². The Kier molecular flexibility index (Phi) is 3.34. The highest BCUT2D eigenvalue weighted by Gasteiger charge is 2.17. The van der Waals surface area contributed by atoms with Crippen molar-refractivity contribution < 1.29 is 14.3 Å². The Bertz CT molecular complexity index is 941. The Balaban J connectivity index is 1.77. The number of hydrogen-bond acceptors (Lipinski definition) is 6. The van der Waals surface area contributed by atoms with Gasteiger partial charge in [-0.1, -0.05) is 11.3 Å². The third-order valence-corrected chi connectivity index (χ3v) is 4.52. The van der Waals surface area contributed by atoms with Crippen LogP contribution in [0.2, 0.25) is 0 Å². The lowest BCUT2D eigenvalue weighted by Gasteiger charge is -2.01. The van der Waals surface area contributed by atoms with E-state index in [0.29, 0.717) is 11.3 Å². The Morgan fingerprint density at radius 1 is 1.39 bits per heavy atom. The molecule has 118 valence electrons. The molecule has 0 unspecified atom stereocenters. The van der Waals surface area contributed by atoms with Gasteiger partial charge >= 0.3 is 0 Å². The third kappa shape index (κ3) is 2.48. The summed E-state index contributed by atoms with van der Waals surface area (Å²) in [5, 5.41) is 3.91. The van der Waals surface area contributed by atoms with Crippen LogP contribution >= 0.6 is 11.3 Å². The fourth-order valence-electron chi connectivity index (χ4n) is 2.45. The maximum Gasteiger partial charge on any atom is 0.270 e. The van der Waals surface area contributed by atoms with Crippen molar-refractivity contribution in [2.75, 3.05) is 6.79 Å². The molecule has 1 aliphatic heterocycles. The Morgan fingerprint density at radius 3 is 2.96 bits per heavy atom. The normalized spacial score (nSPS) is 13.9. The van der Waals surface area contributed by atoms with E-state index in [9.17, 15) is 4.79 Å². The summed E-state index contributed by atoms with van der Waals surface area (Å²) in [5.74, 6) is 1.17. The zero-order chi connectivity index (χ0) is 15.8. The molecule has 1 aliphatic rings. The smallest absolute Gasteiger partial charge is 0.270 e. The number of rotatable bonds is 3. The van der Waals surface area contributed by atoms with Gasteiger partial charge in [-0.15, -0.1) is 0 Å². The molecule has 23 heavy (non-hydrogen) atoms. The monoisotopic (exact) mass is 331 g/mol. The van der Waals surface area contributed by atoms with Crippen LogP contribution in [0.15, 0.2) is 29.8 Å². The van der Waals surface area contributed by atoms with E-state index in [1.54, 1.807) is 0 Å². The molecule has 2 aromatic heterocycles. The molecule has 3 aromatic rings. The molecule has 0 bridgehead atoms. The largest absolute Gasteiger partial charge is 0.454 e. The lowest BCUT2D eigenvalue weighted by molar-refractivity contribution is -0.118. The van der Waals surface area contributed by atoms with Gasteiger partial charge in [0.2, 0.25) is 6.79 Å². The summed E-state index contributed by atoms with van der Waals surface area (Å²) in [7, 11) is 0. The van der Waals surface area contributed by atoms with Crippen LogP contribution in [-0.2, 0) is 17.9 Å². The van der Waals surface area contributed by atoms with Crippen LogP contribution in [0.3, 0.4) is 0 Å². The summed E-state index contributed by atoms with van der Waals surface area (Å²) in [6.45, 7) is 3.03. The first-order valence-electron chi connectivity index (χ1n) is 7.07. The van der Waals surface area contributed by atoms with Gasteiger partial charge in [0, 0.05) is 18.7 Å². The summed E-state index contributed by atoms with van der Waals surface area (Å²) in [5.41, 5.74) is 0.981. The van der Waals surface area contributed by atoms with E-state index in [-0.39, 0.29) is 19.2 Å². The van der Waals surface area contributed by atoms with Crippen LogP contribution in [0.1, 0.15) is 6.92 Å². The second-order valence-electron chi connectivity index (χ2n) is 4.90. The first-order chi connectivity index (χ1) is 11.2. The third-order valence-electron chi connectivity index (χ3n) is 3.48. The summed E-state index contributed by atoms with van der Waals surface area (Å²) < 4.78 is 15.3. The fourth-order valence-corrected chi connectivity index (χ4v) is 3.57. The molecule has 9 heteroatoms. The van der Waals surface area contributed by atoms with Crippen LogP contribution in [0.4, 0.5) is 0 Å². The van der Waals surface area contributed by atoms with Gasteiger partial charge in [-0.2, -0.15) is 10.1 Å². The number of hydrogen-bond donors (Lipinski definition) is 0. The average molecular weight is 331 g/mol. The van der Waals surface area contributed by atoms with Gasteiger partial charge in [0.15, 0.2) is 16.3 Å². The van der Waals surface area contributed by atoms with Crippen molar-refractivity contribution in [1.82, 2.24) is 19.3 Å². The number of nitrogens with zero attached hydrogens (tertiary/aromatic N) is 5. The molecule has 0 radical (unpaired) electrons. The number of amides is 1. The van der Waals surface area contributed by atoms with E-state index in [2.05, 4.69) is 15.1 Å². The molecule has 0 spiro atoms. The standard InChI is InChI=1S/C14H13N5O3S/c1-2-19-9-3-10-11(22-8-21-10)4-12(9)23-14(19)17-13(20)5-18-7-15-6-16-18/h3-4,6-7H,2,5,8H2,1H3. The molecule has 0 N–H and O–H groups in total. The summed E-state index contributed by atoms with van der Waals surface area (Å²) in [4.78, 5) is 20.8. The molecule has 1 amide bonds. The number of aryl methyl sites for hydroxylation is 1. The van der Waals surface area contributed by atoms with E-state index < -0.39 is 0 Å². The van der Waals surface area contributed by atoms with Crippen molar-refractivity contribution in [3.05, 3.63) is 29.6 Å². The van der Waals surface area contributed by atoms with Crippen LogP contribution in [0.25, 0.3) is 10.2 Å². The zero-order valence-electron chi connectivity index (χ0n) is 12.3. The predicted molar refractivity (Wildman–Crippen MR) is 82.2 cm³/mol. The van der Waals surface area contributed by atoms with Crippen molar-refractivity contribution in [2.45, 2.75) is 20.0 Å². The molecule has 0 fully saturated rings. The minimum atomic E-state index is -0.274. The highest BCUT2D eigenvalue weighted by atomic mass is 32.1. The zero-order valence-corrected chi connectivity index (χ0v) is 13.1. The number of thiazole rings is 1. The van der Waals surface area contributed by atoms with Crippen molar-refractivity contribution in [3.8, 4) is 11.5 Å². The van der Waals surface area contributed by atoms with Gasteiger partial charge < -0.3 is 14.0 Å². The van der Waals surface area contributed by atoms with Gasteiger partial charge in [0.1, 0.15) is 19.2 Å². The quantitative estimate of drug-likeness (QED) is 0.719. The van der Waals surface area contributed by atoms with Gasteiger partial charge in [-0.05, 0) is 6.92 Å². The number of benzene rings is 1. The molecule has 0 saturated carbocycles. The second kappa shape index (κ2) is 5.51. The lowest BCUT2D eigenvalue weighted by atomic mass is 10.3. The number of carbonyl (C=O) groups is 1. The van der Waals surface area contributed by atoms with Crippen molar-refractivity contribution in [1.29, 1.82) is 0 Å². The number of aromatic nitrogens is 4. The van der Waals surface area contributed by atoms with Gasteiger partial charge in [-0.3, -0.25) is 4.79 Å². The predicted octanol–water partition coefficient (Wildman–Crippen LogP) is 1.17. The maximum absolute atomic E-state index is 12.1. The van der Waals surface area contributed by atoms with Crippen molar-refractivity contribution in [3.63, 3.8) is 0 Å². The summed E-state index contributed by atoms with van der Waals surface area (Å²) >= 11 is 1.45. The topological polar surface area (TPSA) is 83.5 Å². The van der Waals surface area contributed by atoms with E-state index in [0.717, 1.165) is 21.7 Å². The minimum absolute atomic E-state index is 0.0701. The molecule has 8 nitrogen and oxygen atoms in total. The molecule has 0 saturated heterocycles. The Morgan fingerprint density at radius 2 is 2.22 bits per heavy atom. The SMILES string of the molecule is CCn1c(=NC(=O)Cn2cncn2)sc2cc3c(cc21)OCO3. The molecular weight excluding hydrogens is 318 g/mol. The number of ether oxygens (including phenoxy) is 2. The molecule has 1 aromatic carbocycles. The van der Waals surface area contributed by atoms with Gasteiger partial charge in [0.25, 0.3) is 5.91 Å². The lowest BCUT2D eigenvalue weighted by Crippen LogP contribution is -2.18. The molecule has 4 rings (SSSR count). The highest BCUT2D eigenvalue weighted by molar-refractivity contribution is 7.16. The second-order valence-corrected chi connectivity index (χ2v) is 5.91. The fraction of sp³-hybridized carbons (Fsp3) is 0.286. The van der Waals surface area contributed by atoms with Crippen molar-refractivity contribution >= 4 is 27.5 Å². The van der Waals surface area contributed by atoms with E-state index >= 15 is 0 Å². The minimum Gasteiger partial charge on any atom is -0.454 e. The summed E-state index contributed by atoms with van der Waals surface area (Å²) in [6, 6.07) is 3.86. The molecule has 0 aliphatic carbocycles. The van der Waals surface area contributed by atoms with Crippen LogP contribution in [-0.4, -0.2) is 32.0 Å². The maximum atomic E-state index is 12.1.